The minimum atomic E-state index is -0.590. The van der Waals surface area contributed by atoms with Gasteiger partial charge in [0.2, 0.25) is 0 Å². The Kier molecular flexibility index (Phi) is 6.61. The number of para-hydroxylation sites is 1. The lowest BCUT2D eigenvalue weighted by Crippen LogP contribution is -2.19. The second-order valence-corrected chi connectivity index (χ2v) is 6.85. The summed E-state index contributed by atoms with van der Waals surface area (Å²) in [4.78, 5) is 34.0. The Labute approximate surface area is 172 Å². The zero-order valence-corrected chi connectivity index (χ0v) is 17.3. The standard InChI is InChI=1S/C20H22N4O4S/c1-4-27-16(25)11-23-13-21-18(17(23)19(26)28-5-2)22-20-24(14(3)12-29-20)15-9-7-6-8-10-15/h6-10,12-13H,4-5,11H2,1-3H3. The van der Waals surface area contributed by atoms with Crippen molar-refractivity contribution in [2.24, 2.45) is 4.99 Å². The summed E-state index contributed by atoms with van der Waals surface area (Å²) < 4.78 is 13.5. The highest BCUT2D eigenvalue weighted by Crippen LogP contribution is 2.19. The fraction of sp³-hybridized carbons (Fsp3) is 0.300. The van der Waals surface area contributed by atoms with Crippen molar-refractivity contribution in [1.82, 2.24) is 14.1 Å². The minimum absolute atomic E-state index is 0.116. The zero-order valence-electron chi connectivity index (χ0n) is 16.5. The first-order valence-corrected chi connectivity index (χ1v) is 10.1. The van der Waals surface area contributed by atoms with Gasteiger partial charge in [0, 0.05) is 16.8 Å². The number of esters is 2. The number of aromatic nitrogens is 3. The highest BCUT2D eigenvalue weighted by atomic mass is 32.1. The first kappa shape index (κ1) is 20.5. The van der Waals surface area contributed by atoms with Crippen LogP contribution in [0.25, 0.3) is 5.69 Å². The molecule has 9 heteroatoms. The average Bonchev–Trinajstić information content (AvgIpc) is 3.26. The van der Waals surface area contributed by atoms with Crippen LogP contribution in [0.5, 0.6) is 0 Å². The summed E-state index contributed by atoms with van der Waals surface area (Å²) in [6, 6.07) is 9.79. The Balaban J connectivity index is 2.09. The Morgan fingerprint density at radius 2 is 1.86 bits per heavy atom. The van der Waals surface area contributed by atoms with E-state index in [2.05, 4.69) is 9.98 Å². The molecule has 0 saturated heterocycles. The predicted octanol–water partition coefficient (Wildman–Crippen LogP) is 3.02. The van der Waals surface area contributed by atoms with E-state index in [9.17, 15) is 9.59 Å². The van der Waals surface area contributed by atoms with Gasteiger partial charge in [-0.25, -0.2) is 9.78 Å². The molecular weight excluding hydrogens is 392 g/mol. The van der Waals surface area contributed by atoms with E-state index in [-0.39, 0.29) is 31.3 Å². The second kappa shape index (κ2) is 9.33. The van der Waals surface area contributed by atoms with E-state index in [0.29, 0.717) is 4.80 Å². The Bertz CT molecular complexity index is 1070. The second-order valence-electron chi connectivity index (χ2n) is 6.01. The largest absolute Gasteiger partial charge is 0.465 e. The van der Waals surface area contributed by atoms with Crippen LogP contribution in [-0.2, 0) is 20.8 Å². The van der Waals surface area contributed by atoms with E-state index in [4.69, 9.17) is 9.47 Å². The normalized spacial score (nSPS) is 11.5. The smallest absolute Gasteiger partial charge is 0.358 e. The Morgan fingerprint density at radius 1 is 1.14 bits per heavy atom. The molecule has 0 spiro atoms. The van der Waals surface area contributed by atoms with Crippen LogP contribution in [0, 0.1) is 6.92 Å². The highest BCUT2D eigenvalue weighted by molar-refractivity contribution is 7.07. The molecule has 0 unspecified atom stereocenters. The minimum Gasteiger partial charge on any atom is -0.465 e. The number of carbonyl (C=O) groups is 2. The molecule has 0 amide bonds. The van der Waals surface area contributed by atoms with Crippen molar-refractivity contribution < 1.29 is 19.1 Å². The summed E-state index contributed by atoms with van der Waals surface area (Å²) in [6.45, 7) is 5.73. The maximum Gasteiger partial charge on any atom is 0.358 e. The molecule has 29 heavy (non-hydrogen) atoms. The summed E-state index contributed by atoms with van der Waals surface area (Å²) in [6.07, 6.45) is 1.40. The lowest BCUT2D eigenvalue weighted by Gasteiger charge is -2.08. The van der Waals surface area contributed by atoms with Crippen LogP contribution in [0.15, 0.2) is 47.0 Å². The molecule has 0 aliphatic rings. The molecule has 152 valence electrons. The molecule has 8 nitrogen and oxygen atoms in total. The van der Waals surface area contributed by atoms with Gasteiger partial charge in [0.05, 0.1) is 19.5 Å². The number of carbonyl (C=O) groups excluding carboxylic acids is 2. The number of thiazole rings is 1. The molecule has 0 radical (unpaired) electrons. The molecule has 0 atom stereocenters. The number of rotatable bonds is 7. The third-order valence-electron chi connectivity index (χ3n) is 3.99. The van der Waals surface area contributed by atoms with Crippen LogP contribution in [-0.4, -0.2) is 39.3 Å². The van der Waals surface area contributed by atoms with E-state index in [1.807, 2.05) is 47.2 Å². The van der Waals surface area contributed by atoms with Crippen molar-refractivity contribution in [2.75, 3.05) is 13.2 Å². The van der Waals surface area contributed by atoms with E-state index in [1.165, 1.54) is 22.2 Å². The van der Waals surface area contributed by atoms with Crippen molar-refractivity contribution >= 4 is 29.1 Å². The number of nitrogens with zero attached hydrogens (tertiary/aromatic N) is 4. The summed E-state index contributed by atoms with van der Waals surface area (Å²) in [7, 11) is 0. The molecule has 1 aromatic carbocycles. The van der Waals surface area contributed by atoms with Crippen LogP contribution >= 0.6 is 11.3 Å². The molecule has 0 fully saturated rings. The molecule has 2 aromatic heterocycles. The van der Waals surface area contributed by atoms with Gasteiger partial charge in [-0.1, -0.05) is 18.2 Å². The fourth-order valence-electron chi connectivity index (χ4n) is 2.78. The van der Waals surface area contributed by atoms with Crippen LogP contribution in [0.4, 0.5) is 5.82 Å². The Hall–Kier alpha value is -3.20. The topological polar surface area (TPSA) is 87.7 Å². The lowest BCUT2D eigenvalue weighted by molar-refractivity contribution is -0.143. The highest BCUT2D eigenvalue weighted by Gasteiger charge is 2.22. The number of hydrogen-bond donors (Lipinski definition) is 0. The van der Waals surface area contributed by atoms with Gasteiger partial charge in [0.25, 0.3) is 0 Å². The quantitative estimate of drug-likeness (QED) is 0.555. The zero-order chi connectivity index (χ0) is 20.8. The third-order valence-corrected chi connectivity index (χ3v) is 4.93. The van der Waals surface area contributed by atoms with E-state index in [0.717, 1.165) is 11.4 Å². The lowest BCUT2D eigenvalue weighted by atomic mass is 10.3. The van der Waals surface area contributed by atoms with Crippen LogP contribution in [0.3, 0.4) is 0 Å². The number of ether oxygens (including phenoxy) is 2. The number of benzene rings is 1. The van der Waals surface area contributed by atoms with E-state index >= 15 is 0 Å². The third kappa shape index (κ3) is 4.62. The molecule has 3 rings (SSSR count). The molecule has 3 aromatic rings. The SMILES string of the molecule is CCOC(=O)Cn1cnc(N=c2scc(C)n2-c2ccccc2)c1C(=O)OCC. The average molecular weight is 414 g/mol. The number of hydrogen-bond acceptors (Lipinski definition) is 7. The van der Waals surface area contributed by atoms with Crippen LogP contribution < -0.4 is 4.80 Å². The number of aryl methyl sites for hydroxylation is 1. The summed E-state index contributed by atoms with van der Waals surface area (Å²) in [5, 5.41) is 1.98. The van der Waals surface area contributed by atoms with Gasteiger partial charge in [-0.3, -0.25) is 9.36 Å². The molecule has 0 aliphatic heterocycles. The first-order chi connectivity index (χ1) is 14.0. The summed E-state index contributed by atoms with van der Waals surface area (Å²) >= 11 is 1.43. The van der Waals surface area contributed by atoms with Crippen LogP contribution in [0.2, 0.25) is 0 Å². The molecular formula is C20H22N4O4S. The van der Waals surface area contributed by atoms with E-state index < -0.39 is 11.9 Å². The van der Waals surface area contributed by atoms with Crippen molar-refractivity contribution in [1.29, 1.82) is 0 Å². The molecule has 0 saturated carbocycles. The molecule has 0 bridgehead atoms. The van der Waals surface area contributed by atoms with Gasteiger partial charge in [-0.2, -0.15) is 4.99 Å². The molecule has 0 aliphatic carbocycles. The van der Waals surface area contributed by atoms with Crippen LogP contribution in [0.1, 0.15) is 30.0 Å². The fourth-order valence-corrected chi connectivity index (χ4v) is 3.65. The maximum atomic E-state index is 12.5. The maximum absolute atomic E-state index is 12.5. The molecule has 0 N–H and O–H groups in total. The van der Waals surface area contributed by atoms with Gasteiger partial charge >= 0.3 is 11.9 Å². The number of imidazole rings is 1. The van der Waals surface area contributed by atoms with Gasteiger partial charge < -0.3 is 14.0 Å². The van der Waals surface area contributed by atoms with E-state index in [1.54, 1.807) is 13.8 Å². The van der Waals surface area contributed by atoms with Gasteiger partial charge in [-0.05, 0) is 32.9 Å². The summed E-state index contributed by atoms with van der Waals surface area (Å²) in [5.41, 5.74) is 2.07. The van der Waals surface area contributed by atoms with Gasteiger partial charge in [0.15, 0.2) is 16.3 Å². The summed E-state index contributed by atoms with van der Waals surface area (Å²) in [5.74, 6) is -0.861. The van der Waals surface area contributed by atoms with Gasteiger partial charge in [0.1, 0.15) is 6.54 Å². The van der Waals surface area contributed by atoms with Crippen molar-refractivity contribution in [2.45, 2.75) is 27.3 Å². The Morgan fingerprint density at radius 3 is 2.55 bits per heavy atom. The van der Waals surface area contributed by atoms with Crippen molar-refractivity contribution in [3.8, 4) is 5.69 Å². The predicted molar refractivity (Wildman–Crippen MR) is 108 cm³/mol. The van der Waals surface area contributed by atoms with Crippen molar-refractivity contribution in [3.63, 3.8) is 0 Å². The molecule has 2 heterocycles. The van der Waals surface area contributed by atoms with Crippen molar-refractivity contribution in [3.05, 3.63) is 58.2 Å². The van der Waals surface area contributed by atoms with Gasteiger partial charge in [-0.15, -0.1) is 11.3 Å². The first-order valence-electron chi connectivity index (χ1n) is 9.20. The monoisotopic (exact) mass is 414 g/mol.